The van der Waals surface area contributed by atoms with Crippen LogP contribution in [0.3, 0.4) is 0 Å². The molecule has 120 valence electrons. The summed E-state index contributed by atoms with van der Waals surface area (Å²) < 4.78 is 4.74. The van der Waals surface area contributed by atoms with E-state index >= 15 is 0 Å². The topological polar surface area (TPSA) is 71.5 Å². The molecule has 1 aromatic rings. The summed E-state index contributed by atoms with van der Waals surface area (Å²) in [6.45, 7) is 1.07. The number of rotatable bonds is 2. The molecule has 1 saturated heterocycles. The lowest BCUT2D eigenvalue weighted by Crippen LogP contribution is -2.43. The van der Waals surface area contributed by atoms with Crippen LogP contribution in [0.5, 0.6) is 0 Å². The Balaban J connectivity index is 1.61. The number of anilines is 1. The quantitative estimate of drug-likeness (QED) is 0.907. The molecule has 1 aliphatic carbocycles. The average molecular weight is 323 g/mol. The first-order valence-corrected chi connectivity index (χ1v) is 8.61. The van der Waals surface area contributed by atoms with Crippen molar-refractivity contribution in [3.63, 3.8) is 0 Å². The van der Waals surface area contributed by atoms with E-state index in [0.717, 1.165) is 31.4 Å². The fraction of sp³-hybridized carbons (Fsp3) is 0.667. The number of methoxy groups -OCH3 is 1. The second-order valence-electron chi connectivity index (χ2n) is 5.84. The fourth-order valence-corrected chi connectivity index (χ4v) is 4.15. The normalized spacial score (nSPS) is 21.1. The van der Waals surface area contributed by atoms with Crippen molar-refractivity contribution < 1.29 is 14.3 Å². The maximum Gasteiger partial charge on any atom is 0.409 e. The third-order valence-electron chi connectivity index (χ3n) is 4.30. The SMILES string of the molecule is COC(=O)N1CCCC(C(=O)Nc2nc3c(s2)CCCC3)C1. The number of nitrogens with zero attached hydrogens (tertiary/aromatic N) is 2. The number of fused-ring (bicyclic) bond motifs is 1. The minimum atomic E-state index is -0.359. The Morgan fingerprint density at radius 3 is 2.91 bits per heavy atom. The Morgan fingerprint density at radius 1 is 1.32 bits per heavy atom. The second-order valence-corrected chi connectivity index (χ2v) is 6.92. The van der Waals surface area contributed by atoms with E-state index in [1.807, 2.05) is 0 Å². The van der Waals surface area contributed by atoms with Gasteiger partial charge in [0.25, 0.3) is 0 Å². The number of ether oxygens (including phenoxy) is 1. The van der Waals surface area contributed by atoms with E-state index in [4.69, 9.17) is 4.74 Å². The molecule has 0 aromatic carbocycles. The van der Waals surface area contributed by atoms with Crippen molar-refractivity contribution in [1.82, 2.24) is 9.88 Å². The average Bonchev–Trinajstić information content (AvgIpc) is 2.96. The third-order valence-corrected chi connectivity index (χ3v) is 5.37. The molecular weight excluding hydrogens is 302 g/mol. The smallest absolute Gasteiger partial charge is 0.409 e. The first-order chi connectivity index (χ1) is 10.7. The van der Waals surface area contributed by atoms with Crippen molar-refractivity contribution in [2.24, 2.45) is 5.92 Å². The molecule has 2 heterocycles. The van der Waals surface area contributed by atoms with E-state index in [1.54, 1.807) is 16.2 Å². The van der Waals surface area contributed by atoms with Gasteiger partial charge in [-0.2, -0.15) is 0 Å². The third kappa shape index (κ3) is 3.24. The highest BCUT2D eigenvalue weighted by Crippen LogP contribution is 2.30. The van der Waals surface area contributed by atoms with Gasteiger partial charge >= 0.3 is 6.09 Å². The van der Waals surface area contributed by atoms with Gasteiger partial charge in [0.05, 0.1) is 18.7 Å². The Morgan fingerprint density at radius 2 is 2.14 bits per heavy atom. The Bertz CT molecular complexity index is 549. The van der Waals surface area contributed by atoms with Gasteiger partial charge in [-0.25, -0.2) is 9.78 Å². The maximum absolute atomic E-state index is 12.4. The van der Waals surface area contributed by atoms with Crippen LogP contribution in [0.15, 0.2) is 0 Å². The van der Waals surface area contributed by atoms with Crippen molar-refractivity contribution in [3.05, 3.63) is 10.6 Å². The van der Waals surface area contributed by atoms with Crippen molar-refractivity contribution in [2.75, 3.05) is 25.5 Å². The lowest BCUT2D eigenvalue weighted by Gasteiger charge is -2.30. The molecule has 1 N–H and O–H groups in total. The van der Waals surface area contributed by atoms with E-state index in [0.29, 0.717) is 18.2 Å². The van der Waals surface area contributed by atoms with Gasteiger partial charge in [0.15, 0.2) is 5.13 Å². The summed E-state index contributed by atoms with van der Waals surface area (Å²) in [5.41, 5.74) is 1.14. The van der Waals surface area contributed by atoms with Gasteiger partial charge in [0, 0.05) is 18.0 Å². The Hall–Kier alpha value is -1.63. The number of amides is 2. The summed E-state index contributed by atoms with van der Waals surface area (Å²) in [6, 6.07) is 0. The van der Waals surface area contributed by atoms with Gasteiger partial charge in [0.1, 0.15) is 0 Å². The largest absolute Gasteiger partial charge is 0.453 e. The van der Waals surface area contributed by atoms with Gasteiger partial charge in [0.2, 0.25) is 5.91 Å². The minimum Gasteiger partial charge on any atom is -0.453 e. The zero-order valence-electron chi connectivity index (χ0n) is 12.8. The summed E-state index contributed by atoms with van der Waals surface area (Å²) in [6.07, 6.45) is 5.73. The number of piperidine rings is 1. The molecule has 2 amide bonds. The number of aryl methyl sites for hydroxylation is 2. The number of hydrogen-bond acceptors (Lipinski definition) is 5. The van der Waals surface area contributed by atoms with E-state index in [2.05, 4.69) is 10.3 Å². The molecule has 6 nitrogen and oxygen atoms in total. The summed E-state index contributed by atoms with van der Waals surface area (Å²) in [7, 11) is 1.37. The van der Waals surface area contributed by atoms with Crippen molar-refractivity contribution in [3.8, 4) is 0 Å². The standard InChI is InChI=1S/C15H21N3O3S/c1-21-15(20)18-8-4-5-10(9-18)13(19)17-14-16-11-6-2-3-7-12(11)22-14/h10H,2-9H2,1H3,(H,16,17,19). The Kier molecular flexibility index (Phi) is 4.61. The number of aromatic nitrogens is 1. The molecule has 7 heteroatoms. The summed E-state index contributed by atoms with van der Waals surface area (Å²) in [5.74, 6) is -0.228. The van der Waals surface area contributed by atoms with E-state index in [-0.39, 0.29) is 17.9 Å². The fourth-order valence-electron chi connectivity index (χ4n) is 3.10. The first-order valence-electron chi connectivity index (χ1n) is 7.79. The Labute approximate surface area is 133 Å². The molecule has 0 spiro atoms. The molecular formula is C15H21N3O3S. The van der Waals surface area contributed by atoms with Crippen molar-refractivity contribution >= 4 is 28.5 Å². The number of nitrogens with one attached hydrogen (secondary N) is 1. The molecule has 2 aliphatic rings. The van der Waals surface area contributed by atoms with Crippen LogP contribution in [0.25, 0.3) is 0 Å². The molecule has 0 bridgehead atoms. The lowest BCUT2D eigenvalue weighted by molar-refractivity contribution is -0.121. The zero-order chi connectivity index (χ0) is 15.5. The highest BCUT2D eigenvalue weighted by molar-refractivity contribution is 7.15. The van der Waals surface area contributed by atoms with Crippen LogP contribution in [-0.2, 0) is 22.4 Å². The number of likely N-dealkylation sites (tertiary alicyclic amines) is 1. The predicted molar refractivity (Wildman–Crippen MR) is 84.1 cm³/mol. The van der Waals surface area contributed by atoms with Gasteiger partial charge in [-0.05, 0) is 38.5 Å². The molecule has 1 fully saturated rings. The van der Waals surface area contributed by atoms with E-state index < -0.39 is 0 Å². The number of hydrogen-bond donors (Lipinski definition) is 1. The van der Waals surface area contributed by atoms with Crippen molar-refractivity contribution in [2.45, 2.75) is 38.5 Å². The van der Waals surface area contributed by atoms with Crippen LogP contribution in [0.4, 0.5) is 9.93 Å². The van der Waals surface area contributed by atoms with Crippen LogP contribution in [0.1, 0.15) is 36.3 Å². The molecule has 1 aromatic heterocycles. The second kappa shape index (κ2) is 6.64. The van der Waals surface area contributed by atoms with Gasteiger partial charge in [-0.3, -0.25) is 4.79 Å². The highest BCUT2D eigenvalue weighted by atomic mass is 32.1. The molecule has 22 heavy (non-hydrogen) atoms. The number of thiazole rings is 1. The van der Waals surface area contributed by atoms with Gasteiger partial charge in [-0.15, -0.1) is 11.3 Å². The van der Waals surface area contributed by atoms with E-state index in [1.165, 1.54) is 24.8 Å². The predicted octanol–water partition coefficient (Wildman–Crippen LogP) is 2.44. The first kappa shape index (κ1) is 15.3. The summed E-state index contributed by atoms with van der Waals surface area (Å²) >= 11 is 1.59. The zero-order valence-corrected chi connectivity index (χ0v) is 13.6. The maximum atomic E-state index is 12.4. The molecule has 1 aliphatic heterocycles. The van der Waals surface area contributed by atoms with Gasteiger partial charge < -0.3 is 15.0 Å². The van der Waals surface area contributed by atoms with E-state index in [9.17, 15) is 9.59 Å². The molecule has 1 atom stereocenters. The van der Waals surface area contributed by atoms with Crippen LogP contribution < -0.4 is 5.32 Å². The summed E-state index contributed by atoms with van der Waals surface area (Å²) in [5, 5.41) is 3.64. The molecule has 0 saturated carbocycles. The van der Waals surface area contributed by atoms with Gasteiger partial charge in [-0.1, -0.05) is 0 Å². The minimum absolute atomic E-state index is 0.0419. The molecule has 3 rings (SSSR count). The van der Waals surface area contributed by atoms with Crippen LogP contribution in [0.2, 0.25) is 0 Å². The number of carbonyl (C=O) groups is 2. The molecule has 1 unspecified atom stereocenters. The summed E-state index contributed by atoms with van der Waals surface area (Å²) in [4.78, 5) is 31.4. The van der Waals surface area contributed by atoms with Crippen molar-refractivity contribution in [1.29, 1.82) is 0 Å². The van der Waals surface area contributed by atoms with Crippen LogP contribution in [0, 0.1) is 5.92 Å². The van der Waals surface area contributed by atoms with Crippen LogP contribution in [-0.4, -0.2) is 42.1 Å². The number of carbonyl (C=O) groups excluding carboxylic acids is 2. The molecule has 0 radical (unpaired) electrons. The monoisotopic (exact) mass is 323 g/mol. The lowest BCUT2D eigenvalue weighted by atomic mass is 9.97. The van der Waals surface area contributed by atoms with Crippen LogP contribution >= 0.6 is 11.3 Å². The highest BCUT2D eigenvalue weighted by Gasteiger charge is 2.29.